The molecule has 0 saturated carbocycles. The fraction of sp³-hybridized carbons (Fsp3) is 1.00. The van der Waals surface area contributed by atoms with Gasteiger partial charge in [-0.3, -0.25) is 0 Å². The summed E-state index contributed by atoms with van der Waals surface area (Å²) in [4.78, 5) is 2.55. The number of nitrogens with one attached hydrogen (secondary N) is 1. The molecule has 2 heteroatoms. The van der Waals surface area contributed by atoms with Crippen molar-refractivity contribution in [2.75, 3.05) is 26.7 Å². The van der Waals surface area contributed by atoms with Crippen LogP contribution in [0.4, 0.5) is 0 Å². The Balaban J connectivity index is 2.23. The van der Waals surface area contributed by atoms with Gasteiger partial charge in [0.1, 0.15) is 0 Å². The maximum Gasteiger partial charge on any atom is 0.0243 e. The molecule has 1 N–H and O–H groups in total. The van der Waals surface area contributed by atoms with Crippen LogP contribution >= 0.6 is 0 Å². The summed E-state index contributed by atoms with van der Waals surface area (Å²) < 4.78 is 0. The van der Waals surface area contributed by atoms with Crippen LogP contribution in [-0.4, -0.2) is 37.6 Å². The van der Waals surface area contributed by atoms with E-state index in [9.17, 15) is 0 Å². The van der Waals surface area contributed by atoms with Gasteiger partial charge >= 0.3 is 0 Å². The molecule has 0 bridgehead atoms. The Hall–Kier alpha value is -0.0800. The maximum absolute atomic E-state index is 3.49. The first-order valence-electron chi connectivity index (χ1n) is 6.16. The standard InChI is InChI=1S/C12H26N2/c1-4-5-6-9-14(3)12-10-13-8-7-11(12)2/h11-13H,4-10H2,1-3H3. The first kappa shape index (κ1) is 12.0. The van der Waals surface area contributed by atoms with Gasteiger partial charge in [-0.1, -0.05) is 26.7 Å². The summed E-state index contributed by atoms with van der Waals surface area (Å²) in [6.45, 7) is 8.32. The van der Waals surface area contributed by atoms with Crippen LogP contribution in [0.5, 0.6) is 0 Å². The van der Waals surface area contributed by atoms with Gasteiger partial charge in [-0.2, -0.15) is 0 Å². The topological polar surface area (TPSA) is 15.3 Å². The van der Waals surface area contributed by atoms with E-state index in [0.29, 0.717) is 0 Å². The molecule has 2 atom stereocenters. The van der Waals surface area contributed by atoms with Crippen LogP contribution in [0.3, 0.4) is 0 Å². The molecule has 1 saturated heterocycles. The zero-order valence-corrected chi connectivity index (χ0v) is 10.1. The molecule has 1 aliphatic heterocycles. The Morgan fingerprint density at radius 3 is 2.79 bits per heavy atom. The highest BCUT2D eigenvalue weighted by Gasteiger charge is 2.23. The van der Waals surface area contributed by atoms with E-state index in [1.54, 1.807) is 0 Å². The van der Waals surface area contributed by atoms with E-state index in [-0.39, 0.29) is 0 Å². The lowest BCUT2D eigenvalue weighted by Crippen LogP contribution is -2.49. The van der Waals surface area contributed by atoms with E-state index in [4.69, 9.17) is 0 Å². The van der Waals surface area contributed by atoms with Crippen LogP contribution in [0, 0.1) is 5.92 Å². The number of hydrogen-bond acceptors (Lipinski definition) is 2. The van der Waals surface area contributed by atoms with Crippen LogP contribution in [0.1, 0.15) is 39.5 Å². The van der Waals surface area contributed by atoms with Crippen molar-refractivity contribution < 1.29 is 0 Å². The van der Waals surface area contributed by atoms with Crippen molar-refractivity contribution in [3.63, 3.8) is 0 Å². The smallest absolute Gasteiger partial charge is 0.0243 e. The third kappa shape index (κ3) is 3.58. The quantitative estimate of drug-likeness (QED) is 0.681. The predicted molar refractivity (Wildman–Crippen MR) is 62.6 cm³/mol. The van der Waals surface area contributed by atoms with Crippen LogP contribution in [-0.2, 0) is 0 Å². The summed E-state index contributed by atoms with van der Waals surface area (Å²) in [5.41, 5.74) is 0. The molecule has 0 aliphatic carbocycles. The van der Waals surface area contributed by atoms with E-state index in [2.05, 4.69) is 31.1 Å². The Labute approximate surface area is 89.1 Å². The van der Waals surface area contributed by atoms with Gasteiger partial charge in [0, 0.05) is 12.6 Å². The maximum atomic E-state index is 3.49. The number of unbranched alkanes of at least 4 members (excludes halogenated alkanes) is 2. The molecule has 0 aromatic rings. The monoisotopic (exact) mass is 198 g/mol. The number of hydrogen-bond donors (Lipinski definition) is 1. The lowest BCUT2D eigenvalue weighted by Gasteiger charge is -2.36. The predicted octanol–water partition coefficient (Wildman–Crippen LogP) is 2.11. The van der Waals surface area contributed by atoms with E-state index >= 15 is 0 Å². The van der Waals surface area contributed by atoms with Crippen molar-refractivity contribution in [1.29, 1.82) is 0 Å². The van der Waals surface area contributed by atoms with Gasteiger partial charge in [0.2, 0.25) is 0 Å². The average molecular weight is 198 g/mol. The first-order valence-corrected chi connectivity index (χ1v) is 6.16. The third-order valence-electron chi connectivity index (χ3n) is 3.47. The van der Waals surface area contributed by atoms with Crippen molar-refractivity contribution in [2.45, 2.75) is 45.6 Å². The van der Waals surface area contributed by atoms with Crippen molar-refractivity contribution in [3.05, 3.63) is 0 Å². The van der Waals surface area contributed by atoms with E-state index in [0.717, 1.165) is 12.0 Å². The van der Waals surface area contributed by atoms with Crippen LogP contribution in [0.2, 0.25) is 0 Å². The molecule has 0 radical (unpaired) electrons. The van der Waals surface area contributed by atoms with E-state index < -0.39 is 0 Å². The molecule has 0 aromatic heterocycles. The molecular weight excluding hydrogens is 172 g/mol. The summed E-state index contributed by atoms with van der Waals surface area (Å²) in [6, 6.07) is 0.764. The summed E-state index contributed by atoms with van der Waals surface area (Å²) >= 11 is 0. The van der Waals surface area contributed by atoms with Crippen LogP contribution in [0.25, 0.3) is 0 Å². The number of likely N-dealkylation sites (N-methyl/N-ethyl adjacent to an activating group) is 1. The highest BCUT2D eigenvalue weighted by Crippen LogP contribution is 2.16. The third-order valence-corrected chi connectivity index (χ3v) is 3.47. The summed E-state index contributed by atoms with van der Waals surface area (Å²) in [7, 11) is 2.28. The zero-order chi connectivity index (χ0) is 10.4. The highest BCUT2D eigenvalue weighted by molar-refractivity contribution is 4.81. The molecule has 1 rings (SSSR count). The zero-order valence-electron chi connectivity index (χ0n) is 10.1. The Morgan fingerprint density at radius 1 is 1.36 bits per heavy atom. The number of piperidine rings is 1. The number of rotatable bonds is 5. The fourth-order valence-electron chi connectivity index (χ4n) is 2.34. The van der Waals surface area contributed by atoms with E-state index in [1.165, 1.54) is 45.3 Å². The highest BCUT2D eigenvalue weighted by atomic mass is 15.2. The van der Waals surface area contributed by atoms with Gasteiger partial charge in [0.05, 0.1) is 0 Å². The summed E-state index contributed by atoms with van der Waals surface area (Å²) in [6.07, 6.45) is 5.39. The van der Waals surface area contributed by atoms with Gasteiger partial charge in [0.15, 0.2) is 0 Å². The van der Waals surface area contributed by atoms with E-state index in [1.807, 2.05) is 0 Å². The minimum atomic E-state index is 0.764. The average Bonchev–Trinajstić information content (AvgIpc) is 2.18. The molecular formula is C12H26N2. The van der Waals surface area contributed by atoms with Crippen LogP contribution < -0.4 is 5.32 Å². The van der Waals surface area contributed by atoms with Crippen molar-refractivity contribution >= 4 is 0 Å². The minimum absolute atomic E-state index is 0.764. The molecule has 1 heterocycles. The fourth-order valence-corrected chi connectivity index (χ4v) is 2.34. The van der Waals surface area contributed by atoms with Crippen molar-refractivity contribution in [3.8, 4) is 0 Å². The summed E-state index contributed by atoms with van der Waals surface area (Å²) in [5.74, 6) is 0.864. The second-order valence-electron chi connectivity index (χ2n) is 4.73. The van der Waals surface area contributed by atoms with Crippen molar-refractivity contribution in [1.82, 2.24) is 10.2 Å². The normalized spacial score (nSPS) is 28.3. The molecule has 1 fully saturated rings. The van der Waals surface area contributed by atoms with Crippen LogP contribution in [0.15, 0.2) is 0 Å². The second kappa shape index (κ2) is 6.41. The van der Waals surface area contributed by atoms with Gasteiger partial charge in [-0.25, -0.2) is 0 Å². The first-order chi connectivity index (χ1) is 6.75. The Bertz CT molecular complexity index is 147. The van der Waals surface area contributed by atoms with Crippen molar-refractivity contribution in [2.24, 2.45) is 5.92 Å². The molecule has 0 aromatic carbocycles. The second-order valence-corrected chi connectivity index (χ2v) is 4.73. The molecule has 2 unspecified atom stereocenters. The molecule has 2 nitrogen and oxygen atoms in total. The molecule has 0 amide bonds. The number of nitrogens with zero attached hydrogens (tertiary/aromatic N) is 1. The molecule has 14 heavy (non-hydrogen) atoms. The summed E-state index contributed by atoms with van der Waals surface area (Å²) in [5, 5.41) is 3.49. The van der Waals surface area contributed by atoms with Gasteiger partial charge in [0.25, 0.3) is 0 Å². The SMILES string of the molecule is CCCCCN(C)C1CNCCC1C. The lowest BCUT2D eigenvalue weighted by molar-refractivity contribution is 0.149. The minimum Gasteiger partial charge on any atom is -0.315 e. The molecule has 1 aliphatic rings. The van der Waals surface area contributed by atoms with Gasteiger partial charge in [-0.05, 0) is 38.9 Å². The largest absolute Gasteiger partial charge is 0.315 e. The Kier molecular flexibility index (Phi) is 5.49. The molecule has 84 valence electrons. The van der Waals surface area contributed by atoms with Gasteiger partial charge in [-0.15, -0.1) is 0 Å². The van der Waals surface area contributed by atoms with Gasteiger partial charge < -0.3 is 10.2 Å². The lowest BCUT2D eigenvalue weighted by atomic mass is 9.93. The molecule has 0 spiro atoms. The Morgan fingerprint density at radius 2 is 2.14 bits per heavy atom.